The number of sulfonamides is 1. The van der Waals surface area contributed by atoms with Crippen LogP contribution in [0.1, 0.15) is 27.0 Å². The first-order valence-electron chi connectivity index (χ1n) is 8.60. The lowest BCUT2D eigenvalue weighted by molar-refractivity contribution is 0.100. The van der Waals surface area contributed by atoms with E-state index in [0.717, 1.165) is 21.0 Å². The molecule has 0 bridgehead atoms. The van der Waals surface area contributed by atoms with E-state index in [9.17, 15) is 13.2 Å². The molecule has 0 spiro atoms. The molecule has 1 amide bonds. The lowest BCUT2D eigenvalue weighted by Crippen LogP contribution is -2.37. The van der Waals surface area contributed by atoms with Gasteiger partial charge >= 0.3 is 0 Å². The van der Waals surface area contributed by atoms with E-state index in [0.29, 0.717) is 11.3 Å². The third-order valence-electron chi connectivity index (χ3n) is 4.56. The number of carbonyl (C=O) groups excluding carboxylic acids is 1. The molecule has 0 radical (unpaired) electrons. The Balaban J connectivity index is 2.23. The van der Waals surface area contributed by atoms with Crippen molar-refractivity contribution in [2.24, 2.45) is 0 Å². The Bertz CT molecular complexity index is 1070. The zero-order valence-electron chi connectivity index (χ0n) is 15.5. The van der Waals surface area contributed by atoms with Crippen LogP contribution in [0.2, 0.25) is 0 Å². The van der Waals surface area contributed by atoms with Gasteiger partial charge in [0.25, 0.3) is 15.9 Å². The zero-order valence-corrected chi connectivity index (χ0v) is 16.3. The molecule has 0 fully saturated rings. The van der Waals surface area contributed by atoms with Crippen LogP contribution in [-0.4, -0.2) is 14.3 Å². The van der Waals surface area contributed by atoms with E-state index in [4.69, 9.17) is 0 Å². The molecule has 3 aromatic rings. The maximum Gasteiger partial charge on any atom is 0.272 e. The molecule has 4 nitrogen and oxygen atoms in total. The molecule has 0 heterocycles. The average Bonchev–Trinajstić information content (AvgIpc) is 2.66. The molecule has 5 heteroatoms. The van der Waals surface area contributed by atoms with Crippen molar-refractivity contribution < 1.29 is 13.2 Å². The Kier molecular flexibility index (Phi) is 5.15. The van der Waals surface area contributed by atoms with Crippen LogP contribution in [-0.2, 0) is 10.0 Å². The molecule has 27 heavy (non-hydrogen) atoms. The summed E-state index contributed by atoms with van der Waals surface area (Å²) in [6, 6.07) is 20.3. The Morgan fingerprint density at radius 1 is 0.778 bits per heavy atom. The third kappa shape index (κ3) is 3.64. The Morgan fingerprint density at radius 2 is 1.41 bits per heavy atom. The Morgan fingerprint density at radius 3 is 2.04 bits per heavy atom. The van der Waals surface area contributed by atoms with E-state index in [-0.39, 0.29) is 4.90 Å². The maximum atomic E-state index is 13.4. The van der Waals surface area contributed by atoms with Gasteiger partial charge in [-0.2, -0.15) is 4.31 Å². The summed E-state index contributed by atoms with van der Waals surface area (Å²) in [4.78, 5) is 13.3. The van der Waals surface area contributed by atoms with Gasteiger partial charge in [0, 0.05) is 5.56 Å². The van der Waals surface area contributed by atoms with Crippen LogP contribution in [0.4, 0.5) is 5.69 Å². The number of amides is 1. The van der Waals surface area contributed by atoms with Gasteiger partial charge < -0.3 is 0 Å². The monoisotopic (exact) mass is 379 g/mol. The van der Waals surface area contributed by atoms with Gasteiger partial charge in [0.05, 0.1) is 10.6 Å². The van der Waals surface area contributed by atoms with E-state index in [1.54, 1.807) is 54.6 Å². The third-order valence-corrected chi connectivity index (χ3v) is 6.27. The SMILES string of the molecule is Cc1ccc(S(=O)(=O)N(C(=O)c2ccccc2)c2cccc(C)c2C)cc1. The predicted octanol–water partition coefficient (Wildman–Crippen LogP) is 4.65. The van der Waals surface area contributed by atoms with Gasteiger partial charge in [0.2, 0.25) is 0 Å². The molecule has 0 unspecified atom stereocenters. The largest absolute Gasteiger partial charge is 0.272 e. The summed E-state index contributed by atoms with van der Waals surface area (Å²) in [5.74, 6) is -0.579. The van der Waals surface area contributed by atoms with E-state index in [1.807, 2.05) is 26.8 Å². The van der Waals surface area contributed by atoms with Crippen molar-refractivity contribution in [3.63, 3.8) is 0 Å². The van der Waals surface area contributed by atoms with Gasteiger partial charge in [0.1, 0.15) is 0 Å². The molecule has 0 aromatic heterocycles. The van der Waals surface area contributed by atoms with E-state index in [2.05, 4.69) is 0 Å². The second-order valence-corrected chi connectivity index (χ2v) is 8.26. The van der Waals surface area contributed by atoms with Crippen LogP contribution in [0.3, 0.4) is 0 Å². The number of nitrogens with zero attached hydrogens (tertiary/aromatic N) is 1. The highest BCUT2D eigenvalue weighted by Gasteiger charge is 2.32. The van der Waals surface area contributed by atoms with Crippen LogP contribution in [0.5, 0.6) is 0 Å². The van der Waals surface area contributed by atoms with Crippen molar-refractivity contribution in [3.05, 3.63) is 95.1 Å². The number of hydrogen-bond donors (Lipinski definition) is 0. The quantitative estimate of drug-likeness (QED) is 0.663. The summed E-state index contributed by atoms with van der Waals surface area (Å²) in [6.45, 7) is 5.59. The first-order valence-corrected chi connectivity index (χ1v) is 10.0. The highest BCUT2D eigenvalue weighted by molar-refractivity contribution is 7.93. The standard InChI is InChI=1S/C22H21NO3S/c1-16-12-14-20(15-13-16)27(25,26)23(21-11-7-8-17(2)18(21)3)22(24)19-9-5-4-6-10-19/h4-15H,1-3H3. The van der Waals surface area contributed by atoms with E-state index >= 15 is 0 Å². The number of rotatable bonds is 4. The number of benzene rings is 3. The summed E-state index contributed by atoms with van der Waals surface area (Å²) in [5.41, 5.74) is 3.29. The average molecular weight is 379 g/mol. The molecule has 0 aliphatic rings. The van der Waals surface area contributed by atoms with Gasteiger partial charge in [-0.15, -0.1) is 0 Å². The minimum Gasteiger partial charge on any atom is -0.268 e. The van der Waals surface area contributed by atoms with Gasteiger partial charge in [-0.1, -0.05) is 48.0 Å². The molecule has 3 rings (SSSR count). The second kappa shape index (κ2) is 7.37. The van der Waals surface area contributed by atoms with Crippen molar-refractivity contribution in [1.29, 1.82) is 0 Å². The summed E-state index contributed by atoms with van der Waals surface area (Å²) < 4.78 is 27.8. The Labute approximate surface area is 160 Å². The van der Waals surface area contributed by atoms with Crippen molar-refractivity contribution in [1.82, 2.24) is 0 Å². The van der Waals surface area contributed by atoms with Crippen molar-refractivity contribution >= 4 is 21.6 Å². The van der Waals surface area contributed by atoms with Crippen LogP contribution >= 0.6 is 0 Å². The summed E-state index contributed by atoms with van der Waals surface area (Å²) in [5, 5.41) is 0. The normalized spacial score (nSPS) is 11.2. The lowest BCUT2D eigenvalue weighted by Gasteiger charge is -2.25. The highest BCUT2D eigenvalue weighted by atomic mass is 32.2. The Hall–Kier alpha value is -2.92. The van der Waals surface area contributed by atoms with Gasteiger partial charge in [-0.25, -0.2) is 8.42 Å². The minimum atomic E-state index is -4.07. The highest BCUT2D eigenvalue weighted by Crippen LogP contribution is 2.30. The van der Waals surface area contributed by atoms with E-state index in [1.165, 1.54) is 12.1 Å². The van der Waals surface area contributed by atoms with Crippen LogP contribution in [0, 0.1) is 20.8 Å². The molecule has 0 saturated heterocycles. The van der Waals surface area contributed by atoms with Crippen LogP contribution in [0.25, 0.3) is 0 Å². The molecule has 0 atom stereocenters. The number of hydrogen-bond acceptors (Lipinski definition) is 3. The fourth-order valence-electron chi connectivity index (χ4n) is 2.82. The van der Waals surface area contributed by atoms with Crippen LogP contribution in [0.15, 0.2) is 77.7 Å². The van der Waals surface area contributed by atoms with E-state index < -0.39 is 15.9 Å². The molecular weight excluding hydrogens is 358 g/mol. The topological polar surface area (TPSA) is 54.5 Å². The first-order chi connectivity index (χ1) is 12.8. The number of aryl methyl sites for hydroxylation is 2. The second-order valence-electron chi connectivity index (χ2n) is 6.47. The maximum absolute atomic E-state index is 13.4. The molecule has 138 valence electrons. The predicted molar refractivity (Wildman–Crippen MR) is 108 cm³/mol. The first kappa shape index (κ1) is 18.9. The smallest absolute Gasteiger partial charge is 0.268 e. The number of carbonyl (C=O) groups is 1. The van der Waals surface area contributed by atoms with Gasteiger partial charge in [-0.05, 0) is 62.2 Å². The summed E-state index contributed by atoms with van der Waals surface area (Å²) in [6.07, 6.45) is 0. The van der Waals surface area contributed by atoms with Crippen molar-refractivity contribution in [3.8, 4) is 0 Å². The summed E-state index contributed by atoms with van der Waals surface area (Å²) in [7, 11) is -4.07. The van der Waals surface area contributed by atoms with Gasteiger partial charge in [-0.3, -0.25) is 4.79 Å². The minimum absolute atomic E-state index is 0.0817. The molecule has 0 saturated carbocycles. The zero-order chi connectivity index (χ0) is 19.6. The van der Waals surface area contributed by atoms with Crippen molar-refractivity contribution in [2.75, 3.05) is 4.31 Å². The fourth-order valence-corrected chi connectivity index (χ4v) is 4.29. The lowest BCUT2D eigenvalue weighted by atomic mass is 10.1. The van der Waals surface area contributed by atoms with Crippen molar-refractivity contribution in [2.45, 2.75) is 25.7 Å². The molecular formula is C22H21NO3S. The molecule has 0 aliphatic carbocycles. The molecule has 0 N–H and O–H groups in total. The number of anilines is 1. The molecule has 3 aromatic carbocycles. The van der Waals surface area contributed by atoms with Gasteiger partial charge in [0.15, 0.2) is 0 Å². The molecule has 0 aliphatic heterocycles. The fraction of sp³-hybridized carbons (Fsp3) is 0.136. The van der Waals surface area contributed by atoms with Crippen LogP contribution < -0.4 is 4.31 Å². The summed E-state index contributed by atoms with van der Waals surface area (Å²) >= 11 is 0.